The van der Waals surface area contributed by atoms with E-state index in [0.29, 0.717) is 9.39 Å². The summed E-state index contributed by atoms with van der Waals surface area (Å²) in [5, 5.41) is 1.68. The topological polar surface area (TPSA) is 37.4 Å². The van der Waals surface area contributed by atoms with Crippen LogP contribution in [0, 0.1) is 0 Å². The van der Waals surface area contributed by atoms with E-state index in [1.165, 1.54) is 16.2 Å². The van der Waals surface area contributed by atoms with Crippen molar-refractivity contribution < 1.29 is 9.59 Å². The van der Waals surface area contributed by atoms with E-state index in [9.17, 15) is 9.59 Å². The third kappa shape index (κ3) is 2.88. The lowest BCUT2D eigenvalue weighted by atomic mass is 10.3. The maximum Gasteiger partial charge on any atom is 0.293 e. The number of hydrogen-bond donors (Lipinski definition) is 0. The molecule has 2 rings (SSSR count). The highest BCUT2D eigenvalue weighted by Crippen LogP contribution is 2.33. The van der Waals surface area contributed by atoms with E-state index in [2.05, 4.69) is 22.5 Å². The van der Waals surface area contributed by atoms with Crippen LogP contribution in [0.4, 0.5) is 4.79 Å². The molecule has 6 heteroatoms. The number of carbonyl (C=O) groups is 2. The highest BCUT2D eigenvalue weighted by Gasteiger charge is 2.34. The molecule has 2 amide bonds. The number of imide groups is 1. The van der Waals surface area contributed by atoms with Gasteiger partial charge in [-0.05, 0) is 29.3 Å². The van der Waals surface area contributed by atoms with Crippen LogP contribution in [0.2, 0.25) is 0 Å². The molecular formula is C11H8BrNO2S2. The lowest BCUT2D eigenvalue weighted by molar-refractivity contribution is -0.122. The molecule has 2 heterocycles. The van der Waals surface area contributed by atoms with Crippen LogP contribution in [0.25, 0.3) is 6.08 Å². The Morgan fingerprint density at radius 1 is 1.53 bits per heavy atom. The molecule has 0 radical (unpaired) electrons. The van der Waals surface area contributed by atoms with Crippen LogP contribution in [0.3, 0.4) is 0 Å². The van der Waals surface area contributed by atoms with Crippen molar-refractivity contribution in [3.8, 4) is 0 Å². The minimum absolute atomic E-state index is 0.215. The highest BCUT2D eigenvalue weighted by atomic mass is 79.9. The third-order valence-electron chi connectivity index (χ3n) is 2.02. The molecule has 0 unspecified atom stereocenters. The predicted molar refractivity (Wildman–Crippen MR) is 75.1 cm³/mol. The summed E-state index contributed by atoms with van der Waals surface area (Å²) in [5.41, 5.74) is 0. The van der Waals surface area contributed by atoms with Gasteiger partial charge in [0.15, 0.2) is 0 Å². The Kier molecular flexibility index (Phi) is 3.86. The Labute approximate surface area is 115 Å². The number of thioether (sulfide) groups is 1. The standard InChI is InChI=1S/C11H8BrNO2S2/c1-7(12)6-13-10(14)9(17-11(13)15)5-8-3-2-4-16-8/h2-5H,1,6H2/b9-5+. The lowest BCUT2D eigenvalue weighted by Gasteiger charge is -2.10. The number of amides is 2. The molecule has 0 saturated carbocycles. The average molecular weight is 330 g/mol. The van der Waals surface area contributed by atoms with Crippen LogP contribution >= 0.6 is 39.0 Å². The maximum atomic E-state index is 11.9. The molecule has 1 aliphatic heterocycles. The molecule has 1 aliphatic rings. The van der Waals surface area contributed by atoms with Crippen molar-refractivity contribution in [2.75, 3.05) is 6.54 Å². The van der Waals surface area contributed by atoms with Gasteiger partial charge in [-0.15, -0.1) is 11.3 Å². The van der Waals surface area contributed by atoms with E-state index in [4.69, 9.17) is 0 Å². The normalized spacial score (nSPS) is 18.2. The molecule has 1 fully saturated rings. The fourth-order valence-electron chi connectivity index (χ4n) is 1.31. The van der Waals surface area contributed by atoms with Crippen molar-refractivity contribution in [2.45, 2.75) is 0 Å². The number of halogens is 1. The van der Waals surface area contributed by atoms with Crippen LogP contribution in [0.1, 0.15) is 4.88 Å². The zero-order valence-corrected chi connectivity index (χ0v) is 11.9. The van der Waals surface area contributed by atoms with Gasteiger partial charge in [-0.1, -0.05) is 28.6 Å². The monoisotopic (exact) mass is 329 g/mol. The number of hydrogen-bond acceptors (Lipinski definition) is 4. The van der Waals surface area contributed by atoms with Crippen molar-refractivity contribution in [3.05, 3.63) is 38.4 Å². The quantitative estimate of drug-likeness (QED) is 0.793. The van der Waals surface area contributed by atoms with Crippen molar-refractivity contribution in [2.24, 2.45) is 0 Å². The summed E-state index contributed by atoms with van der Waals surface area (Å²) in [6.45, 7) is 3.85. The molecule has 0 N–H and O–H groups in total. The predicted octanol–water partition coefficient (Wildman–Crippen LogP) is 3.69. The first-order chi connectivity index (χ1) is 8.08. The van der Waals surface area contributed by atoms with Crippen molar-refractivity contribution in [1.82, 2.24) is 4.90 Å². The molecule has 17 heavy (non-hydrogen) atoms. The van der Waals surface area contributed by atoms with Crippen LogP contribution < -0.4 is 0 Å². The third-order valence-corrected chi connectivity index (χ3v) is 4.00. The molecule has 0 aromatic carbocycles. The Hall–Kier alpha value is -0.850. The summed E-state index contributed by atoms with van der Waals surface area (Å²) < 4.78 is 0.608. The van der Waals surface area contributed by atoms with E-state index in [-0.39, 0.29) is 17.7 Å². The van der Waals surface area contributed by atoms with Crippen molar-refractivity contribution >= 4 is 56.3 Å². The number of rotatable bonds is 3. The van der Waals surface area contributed by atoms with E-state index in [1.807, 2.05) is 17.5 Å². The minimum atomic E-state index is -0.256. The van der Waals surface area contributed by atoms with Gasteiger partial charge >= 0.3 is 0 Å². The highest BCUT2D eigenvalue weighted by molar-refractivity contribution is 9.11. The second-order valence-electron chi connectivity index (χ2n) is 3.30. The van der Waals surface area contributed by atoms with Crippen LogP contribution in [0.15, 0.2) is 33.5 Å². The molecule has 0 atom stereocenters. The number of carbonyl (C=O) groups excluding carboxylic acids is 2. The zero-order valence-electron chi connectivity index (χ0n) is 8.68. The van der Waals surface area contributed by atoms with E-state index in [0.717, 1.165) is 16.6 Å². The Morgan fingerprint density at radius 3 is 2.88 bits per heavy atom. The molecule has 0 aliphatic carbocycles. The van der Waals surface area contributed by atoms with Gasteiger partial charge in [-0.25, -0.2) is 0 Å². The Bertz CT molecular complexity index is 508. The Morgan fingerprint density at radius 2 is 2.29 bits per heavy atom. The largest absolute Gasteiger partial charge is 0.293 e. The summed E-state index contributed by atoms with van der Waals surface area (Å²) >= 11 is 5.65. The summed E-state index contributed by atoms with van der Waals surface area (Å²) in [7, 11) is 0. The molecule has 1 aromatic rings. The summed E-state index contributed by atoms with van der Waals surface area (Å²) in [4.78, 5) is 26.2. The second-order valence-corrected chi connectivity index (χ2v) is 6.39. The first-order valence-corrected chi connectivity index (χ1v) is 7.19. The molecule has 3 nitrogen and oxygen atoms in total. The van der Waals surface area contributed by atoms with Gasteiger partial charge < -0.3 is 0 Å². The lowest BCUT2D eigenvalue weighted by Crippen LogP contribution is -2.29. The van der Waals surface area contributed by atoms with Crippen LogP contribution in [-0.2, 0) is 4.79 Å². The fourth-order valence-corrected chi connectivity index (χ4v) is 3.12. The maximum absolute atomic E-state index is 11.9. The van der Waals surface area contributed by atoms with Gasteiger partial charge in [-0.2, -0.15) is 0 Å². The molecular weight excluding hydrogens is 322 g/mol. The molecule has 1 saturated heterocycles. The van der Waals surface area contributed by atoms with Gasteiger partial charge in [-0.3, -0.25) is 14.5 Å². The second kappa shape index (κ2) is 5.20. The summed E-state index contributed by atoms with van der Waals surface area (Å²) in [6, 6.07) is 3.81. The Balaban J connectivity index is 2.21. The zero-order chi connectivity index (χ0) is 12.4. The van der Waals surface area contributed by atoms with Gasteiger partial charge in [0.05, 0.1) is 11.4 Å². The summed E-state index contributed by atoms with van der Waals surface area (Å²) in [5.74, 6) is -0.256. The molecule has 0 bridgehead atoms. The summed E-state index contributed by atoms with van der Waals surface area (Å²) in [6.07, 6.45) is 1.74. The minimum Gasteiger partial charge on any atom is -0.268 e. The van der Waals surface area contributed by atoms with Crippen LogP contribution in [-0.4, -0.2) is 22.6 Å². The number of nitrogens with zero attached hydrogens (tertiary/aromatic N) is 1. The van der Waals surface area contributed by atoms with Gasteiger partial charge in [0.1, 0.15) is 0 Å². The SMILES string of the molecule is C=C(Br)CN1C(=O)S/C(=C/c2cccs2)C1=O. The van der Waals surface area contributed by atoms with Gasteiger partial charge in [0.2, 0.25) is 0 Å². The molecule has 1 aromatic heterocycles. The average Bonchev–Trinajstić information content (AvgIpc) is 2.83. The molecule has 88 valence electrons. The van der Waals surface area contributed by atoms with Gasteiger partial charge in [0.25, 0.3) is 11.1 Å². The first-order valence-electron chi connectivity index (χ1n) is 4.70. The first kappa shape index (κ1) is 12.6. The fraction of sp³-hybridized carbons (Fsp3) is 0.0909. The van der Waals surface area contributed by atoms with Crippen LogP contribution in [0.5, 0.6) is 0 Å². The number of thiophene rings is 1. The van der Waals surface area contributed by atoms with E-state index < -0.39 is 0 Å². The van der Waals surface area contributed by atoms with E-state index >= 15 is 0 Å². The smallest absolute Gasteiger partial charge is 0.268 e. The van der Waals surface area contributed by atoms with Crippen molar-refractivity contribution in [3.63, 3.8) is 0 Å². The van der Waals surface area contributed by atoms with Crippen molar-refractivity contribution in [1.29, 1.82) is 0 Å². The molecule has 0 spiro atoms. The van der Waals surface area contributed by atoms with E-state index in [1.54, 1.807) is 6.08 Å². The van der Waals surface area contributed by atoms with Gasteiger partial charge in [0, 0.05) is 9.36 Å².